The highest BCUT2D eigenvalue weighted by Crippen LogP contribution is 2.13. The van der Waals surface area contributed by atoms with Crippen molar-refractivity contribution in [3.05, 3.63) is 35.4 Å². The molecule has 0 saturated carbocycles. The molecule has 2 atom stereocenters. The van der Waals surface area contributed by atoms with Crippen LogP contribution in [0.5, 0.6) is 0 Å². The van der Waals surface area contributed by atoms with E-state index in [-0.39, 0.29) is 18.1 Å². The molecule has 2 aliphatic rings. The molecule has 2 aliphatic heterocycles. The van der Waals surface area contributed by atoms with E-state index in [0.29, 0.717) is 45.0 Å². The molecule has 0 radical (unpaired) electrons. The van der Waals surface area contributed by atoms with Crippen molar-refractivity contribution in [1.82, 2.24) is 14.7 Å². The number of aliphatic hydroxyl groups excluding tert-OH is 1. The Kier molecular flexibility index (Phi) is 10.6. The number of carbonyl (C=O) groups is 1. The third-order valence-electron chi connectivity index (χ3n) is 6.11. The van der Waals surface area contributed by atoms with Gasteiger partial charge in [0, 0.05) is 57.9 Å². The van der Waals surface area contributed by atoms with Gasteiger partial charge >= 0.3 is 0 Å². The number of carbonyl (C=O) groups excluding carboxylic acids is 1. The van der Waals surface area contributed by atoms with Crippen LogP contribution in [0.25, 0.3) is 0 Å². The van der Waals surface area contributed by atoms with Gasteiger partial charge in [-0.2, -0.15) is 0 Å². The number of aryl methyl sites for hydroxylation is 1. The molecule has 1 aromatic carbocycles. The molecule has 2 fully saturated rings. The van der Waals surface area contributed by atoms with Crippen molar-refractivity contribution in [1.29, 1.82) is 0 Å². The monoisotopic (exact) mass is 463 g/mol. The van der Waals surface area contributed by atoms with Gasteiger partial charge in [-0.25, -0.2) is 0 Å². The molecule has 3 rings (SSSR count). The number of β-amino-alcohol motifs (C(OH)–C–C–N with tert-alkyl or cyclic N) is 1. The van der Waals surface area contributed by atoms with Crippen molar-refractivity contribution in [2.45, 2.75) is 39.1 Å². The minimum absolute atomic E-state index is 0.0364. The maximum absolute atomic E-state index is 13.4. The number of ether oxygens (including phenoxy) is 3. The number of hydrogen-bond donors (Lipinski definition) is 1. The summed E-state index contributed by atoms with van der Waals surface area (Å²) in [6.07, 6.45) is -0.515. The Bertz CT molecular complexity index is 708. The standard InChI is InChI=1S/C25H41N3O5/c1-20(2)33-19-23(29)16-27-12-15-32-24(17-27)18-28(9-8-26-10-13-31-14-11-26)25(30)22-6-4-21(3)5-7-22/h4-7,20,23-24,29H,8-19H2,1-3H3/t23-,24-/m1/s1. The van der Waals surface area contributed by atoms with E-state index in [2.05, 4.69) is 9.80 Å². The molecule has 8 heteroatoms. The Labute approximate surface area is 198 Å². The lowest BCUT2D eigenvalue weighted by Crippen LogP contribution is -2.52. The van der Waals surface area contributed by atoms with Gasteiger partial charge in [-0.3, -0.25) is 14.6 Å². The zero-order valence-electron chi connectivity index (χ0n) is 20.4. The molecule has 2 saturated heterocycles. The largest absolute Gasteiger partial charge is 0.389 e. The quantitative estimate of drug-likeness (QED) is 0.530. The lowest BCUT2D eigenvalue weighted by Gasteiger charge is -2.37. The first-order valence-electron chi connectivity index (χ1n) is 12.2. The smallest absolute Gasteiger partial charge is 0.253 e. The van der Waals surface area contributed by atoms with Crippen LogP contribution in [0.3, 0.4) is 0 Å². The summed E-state index contributed by atoms with van der Waals surface area (Å²) in [4.78, 5) is 19.8. The summed E-state index contributed by atoms with van der Waals surface area (Å²) >= 11 is 0. The van der Waals surface area contributed by atoms with E-state index in [9.17, 15) is 9.90 Å². The van der Waals surface area contributed by atoms with Gasteiger partial charge in [0.25, 0.3) is 5.91 Å². The second-order valence-corrected chi connectivity index (χ2v) is 9.36. The first kappa shape index (κ1) is 26.1. The molecule has 0 spiro atoms. The third kappa shape index (κ3) is 8.96. The zero-order valence-corrected chi connectivity index (χ0v) is 20.4. The number of nitrogens with zero attached hydrogens (tertiary/aromatic N) is 3. The number of benzene rings is 1. The number of amides is 1. The molecule has 186 valence electrons. The van der Waals surface area contributed by atoms with Crippen molar-refractivity contribution in [2.75, 3.05) is 78.8 Å². The summed E-state index contributed by atoms with van der Waals surface area (Å²) in [6.45, 7) is 14.2. The molecule has 0 unspecified atom stereocenters. The number of rotatable bonds is 11. The molecule has 0 bridgehead atoms. The Balaban J connectivity index is 1.58. The highest BCUT2D eigenvalue weighted by molar-refractivity contribution is 5.94. The predicted octanol–water partition coefficient (Wildman–Crippen LogP) is 1.26. The van der Waals surface area contributed by atoms with E-state index in [1.807, 2.05) is 49.9 Å². The van der Waals surface area contributed by atoms with Crippen LogP contribution in [0.1, 0.15) is 29.8 Å². The van der Waals surface area contributed by atoms with Gasteiger partial charge in [0.1, 0.15) is 0 Å². The molecule has 8 nitrogen and oxygen atoms in total. The fourth-order valence-electron chi connectivity index (χ4n) is 4.20. The van der Waals surface area contributed by atoms with E-state index in [1.54, 1.807) is 0 Å². The molecule has 33 heavy (non-hydrogen) atoms. The summed E-state index contributed by atoms with van der Waals surface area (Å²) in [6, 6.07) is 7.76. The van der Waals surface area contributed by atoms with Crippen LogP contribution in [0.15, 0.2) is 24.3 Å². The minimum Gasteiger partial charge on any atom is -0.389 e. The van der Waals surface area contributed by atoms with E-state index in [4.69, 9.17) is 14.2 Å². The summed E-state index contributed by atoms with van der Waals surface area (Å²) in [7, 11) is 0. The van der Waals surface area contributed by atoms with Crippen molar-refractivity contribution >= 4 is 5.91 Å². The predicted molar refractivity (Wildman–Crippen MR) is 128 cm³/mol. The van der Waals surface area contributed by atoms with E-state index < -0.39 is 6.10 Å². The van der Waals surface area contributed by atoms with Crippen molar-refractivity contribution in [3.8, 4) is 0 Å². The average Bonchev–Trinajstić information content (AvgIpc) is 2.81. The number of aliphatic hydroxyl groups is 1. The van der Waals surface area contributed by atoms with Gasteiger partial charge in [-0.05, 0) is 32.9 Å². The summed E-state index contributed by atoms with van der Waals surface area (Å²) in [5.74, 6) is 0.0364. The topological polar surface area (TPSA) is 74.7 Å². The SMILES string of the molecule is Cc1ccc(C(=O)N(CCN2CCOCC2)C[C@H]2CN(C[C@@H](O)COC(C)C)CCO2)cc1. The van der Waals surface area contributed by atoms with Gasteiger partial charge in [0.15, 0.2) is 0 Å². The van der Waals surface area contributed by atoms with Gasteiger partial charge in [-0.15, -0.1) is 0 Å². The Morgan fingerprint density at radius 3 is 2.55 bits per heavy atom. The van der Waals surface area contributed by atoms with Crippen LogP contribution in [-0.4, -0.2) is 123 Å². The maximum Gasteiger partial charge on any atom is 0.253 e. The van der Waals surface area contributed by atoms with Crippen molar-refractivity contribution in [2.24, 2.45) is 0 Å². The Morgan fingerprint density at radius 1 is 1.15 bits per heavy atom. The van der Waals surface area contributed by atoms with Gasteiger partial charge in [-0.1, -0.05) is 17.7 Å². The summed E-state index contributed by atoms with van der Waals surface area (Å²) in [5.41, 5.74) is 1.84. The van der Waals surface area contributed by atoms with Crippen LogP contribution in [0.4, 0.5) is 0 Å². The Hall–Kier alpha value is -1.55. The number of hydrogen-bond acceptors (Lipinski definition) is 7. The second kappa shape index (κ2) is 13.4. The second-order valence-electron chi connectivity index (χ2n) is 9.36. The maximum atomic E-state index is 13.4. The first-order chi connectivity index (χ1) is 15.9. The van der Waals surface area contributed by atoms with E-state index in [1.165, 1.54) is 0 Å². The first-order valence-corrected chi connectivity index (χ1v) is 12.2. The molecule has 1 amide bonds. The molecule has 0 aromatic heterocycles. The van der Waals surface area contributed by atoms with Gasteiger partial charge < -0.3 is 24.2 Å². The van der Waals surface area contributed by atoms with Crippen LogP contribution in [0.2, 0.25) is 0 Å². The number of morpholine rings is 2. The Morgan fingerprint density at radius 2 is 1.85 bits per heavy atom. The molecular formula is C25H41N3O5. The van der Waals surface area contributed by atoms with Gasteiger partial charge in [0.2, 0.25) is 0 Å². The third-order valence-corrected chi connectivity index (χ3v) is 6.11. The molecule has 1 aromatic rings. The average molecular weight is 464 g/mol. The molecule has 1 N–H and O–H groups in total. The fourth-order valence-corrected chi connectivity index (χ4v) is 4.20. The van der Waals surface area contributed by atoms with Gasteiger partial charge in [0.05, 0.1) is 44.7 Å². The fraction of sp³-hybridized carbons (Fsp3) is 0.720. The van der Waals surface area contributed by atoms with Crippen LogP contribution >= 0.6 is 0 Å². The van der Waals surface area contributed by atoms with Crippen LogP contribution < -0.4 is 0 Å². The van der Waals surface area contributed by atoms with Crippen molar-refractivity contribution < 1.29 is 24.1 Å². The zero-order chi connectivity index (χ0) is 23.6. The van der Waals surface area contributed by atoms with E-state index >= 15 is 0 Å². The molecule has 0 aliphatic carbocycles. The van der Waals surface area contributed by atoms with Crippen LogP contribution in [0, 0.1) is 6.92 Å². The summed E-state index contributed by atoms with van der Waals surface area (Å²) in [5, 5.41) is 10.3. The highest BCUT2D eigenvalue weighted by Gasteiger charge is 2.27. The molecule has 2 heterocycles. The minimum atomic E-state index is -0.530. The lowest BCUT2D eigenvalue weighted by molar-refractivity contribution is -0.0633. The lowest BCUT2D eigenvalue weighted by atomic mass is 10.1. The van der Waals surface area contributed by atoms with Crippen LogP contribution in [-0.2, 0) is 14.2 Å². The highest BCUT2D eigenvalue weighted by atomic mass is 16.5. The normalized spacial score (nSPS) is 21.3. The van der Waals surface area contributed by atoms with Crippen molar-refractivity contribution in [3.63, 3.8) is 0 Å². The molecular weight excluding hydrogens is 422 g/mol. The summed E-state index contributed by atoms with van der Waals surface area (Å²) < 4.78 is 17.0. The van der Waals surface area contributed by atoms with E-state index in [0.717, 1.165) is 45.0 Å².